The van der Waals surface area contributed by atoms with Gasteiger partial charge in [-0.15, -0.1) is 11.3 Å². The summed E-state index contributed by atoms with van der Waals surface area (Å²) >= 11 is 1.09. The number of halogens is 3. The molecule has 0 saturated carbocycles. The van der Waals surface area contributed by atoms with Crippen LogP contribution in [0, 0.1) is 6.92 Å². The van der Waals surface area contributed by atoms with Crippen molar-refractivity contribution in [2.24, 2.45) is 0 Å². The van der Waals surface area contributed by atoms with Gasteiger partial charge in [-0.2, -0.15) is 13.2 Å². The van der Waals surface area contributed by atoms with E-state index in [1.807, 2.05) is 19.1 Å². The fourth-order valence-corrected chi connectivity index (χ4v) is 5.24. The highest BCUT2D eigenvalue weighted by Gasteiger charge is 2.38. The minimum absolute atomic E-state index is 0.00534. The van der Waals surface area contributed by atoms with Crippen LogP contribution in [0.25, 0.3) is 10.6 Å². The van der Waals surface area contributed by atoms with Gasteiger partial charge in [0.15, 0.2) is 5.01 Å². The van der Waals surface area contributed by atoms with Crippen molar-refractivity contribution in [1.29, 1.82) is 0 Å². The molecular formula is C26H21F3N4O3S. The number of pyridine rings is 2. The van der Waals surface area contributed by atoms with E-state index in [1.165, 1.54) is 11.8 Å². The number of nitrogens with zero attached hydrogens (tertiary/aromatic N) is 3. The zero-order chi connectivity index (χ0) is 26.2. The van der Waals surface area contributed by atoms with Gasteiger partial charge in [0.05, 0.1) is 16.1 Å². The average Bonchev–Trinajstić information content (AvgIpc) is 3.53. The zero-order valence-corrected chi connectivity index (χ0v) is 20.4. The number of anilines is 2. The summed E-state index contributed by atoms with van der Waals surface area (Å²) in [5, 5.41) is 14.4. The predicted molar refractivity (Wildman–Crippen MR) is 131 cm³/mol. The molecule has 4 aromatic rings. The molecule has 1 unspecified atom stereocenters. The largest absolute Gasteiger partial charge is 0.424 e. The van der Waals surface area contributed by atoms with Crippen molar-refractivity contribution in [3.63, 3.8) is 0 Å². The van der Waals surface area contributed by atoms with E-state index < -0.39 is 17.5 Å². The maximum absolute atomic E-state index is 13.1. The number of alkyl halides is 3. The van der Waals surface area contributed by atoms with Crippen LogP contribution in [-0.4, -0.2) is 26.5 Å². The van der Waals surface area contributed by atoms with Crippen molar-refractivity contribution < 1.29 is 27.8 Å². The number of carbonyl (C=O) groups is 1. The van der Waals surface area contributed by atoms with E-state index in [0.29, 0.717) is 16.1 Å². The fourth-order valence-electron chi connectivity index (χ4n) is 4.31. The van der Waals surface area contributed by atoms with E-state index >= 15 is 0 Å². The highest BCUT2D eigenvalue weighted by Crippen LogP contribution is 2.38. The average molecular weight is 527 g/mol. The van der Waals surface area contributed by atoms with Crippen LogP contribution >= 0.6 is 11.3 Å². The van der Waals surface area contributed by atoms with Crippen LogP contribution in [0.5, 0.6) is 0 Å². The molecule has 0 spiro atoms. The number of rotatable bonds is 7. The first-order valence-corrected chi connectivity index (χ1v) is 12.2. The molecule has 2 N–H and O–H groups in total. The molecule has 7 nitrogen and oxygen atoms in total. The number of aliphatic hydroxyl groups is 1. The minimum atomic E-state index is -4.50. The van der Waals surface area contributed by atoms with Crippen molar-refractivity contribution in [2.75, 3.05) is 5.32 Å². The van der Waals surface area contributed by atoms with Crippen LogP contribution in [0.2, 0.25) is 0 Å². The molecule has 0 saturated heterocycles. The van der Waals surface area contributed by atoms with Crippen molar-refractivity contribution in [3.05, 3.63) is 87.7 Å². The van der Waals surface area contributed by atoms with Crippen LogP contribution in [0.15, 0.2) is 54.9 Å². The molecule has 1 aromatic carbocycles. The Morgan fingerprint density at radius 1 is 1.03 bits per heavy atom. The topological polar surface area (TPSA) is 97.2 Å². The molecule has 0 radical (unpaired) electrons. The Hall–Kier alpha value is -3.83. The second-order valence-electron chi connectivity index (χ2n) is 8.69. The molecular weight excluding hydrogens is 505 g/mol. The van der Waals surface area contributed by atoms with Crippen LogP contribution in [0.1, 0.15) is 39.2 Å². The molecule has 0 amide bonds. The summed E-state index contributed by atoms with van der Waals surface area (Å²) in [4.78, 5) is 24.7. The maximum Gasteiger partial charge on any atom is 0.416 e. The highest BCUT2D eigenvalue weighted by atomic mass is 32.1. The Balaban J connectivity index is 1.46. The standard InChI is InChI=1S/C26H21F3N4O3S/c1-15-9-20(32-23(10-15)33-22-12-19(7-8-30-22)26(27,28)29)21-13-31-24(37-21)25(35,36-14-34)18-6-5-16-3-2-4-17(16)11-18/h5-14,35H,2-4H2,1H3,(H,30,32,33). The zero-order valence-electron chi connectivity index (χ0n) is 19.5. The van der Waals surface area contributed by atoms with Gasteiger partial charge in [-0.25, -0.2) is 15.0 Å². The third-order valence-electron chi connectivity index (χ3n) is 6.07. The van der Waals surface area contributed by atoms with Gasteiger partial charge < -0.3 is 15.2 Å². The summed E-state index contributed by atoms with van der Waals surface area (Å²) in [6.07, 6.45) is 0.953. The number of benzene rings is 1. The van der Waals surface area contributed by atoms with Crippen LogP contribution < -0.4 is 5.32 Å². The van der Waals surface area contributed by atoms with Crippen molar-refractivity contribution in [2.45, 2.75) is 38.1 Å². The number of nitrogens with one attached hydrogen (secondary N) is 1. The number of aromatic nitrogens is 3. The first-order chi connectivity index (χ1) is 17.7. The van der Waals surface area contributed by atoms with Crippen LogP contribution in [-0.2, 0) is 34.3 Å². The second kappa shape index (κ2) is 9.56. The van der Waals surface area contributed by atoms with Gasteiger partial charge in [0.2, 0.25) is 0 Å². The summed E-state index contributed by atoms with van der Waals surface area (Å²) < 4.78 is 44.4. The van der Waals surface area contributed by atoms with Crippen molar-refractivity contribution in [1.82, 2.24) is 15.0 Å². The third-order valence-corrected chi connectivity index (χ3v) is 7.18. The molecule has 1 aliphatic rings. The Morgan fingerprint density at radius 2 is 1.84 bits per heavy atom. The van der Waals surface area contributed by atoms with Crippen molar-refractivity contribution >= 4 is 29.4 Å². The quantitative estimate of drug-likeness (QED) is 0.242. The van der Waals surface area contributed by atoms with E-state index in [-0.39, 0.29) is 23.1 Å². The lowest BCUT2D eigenvalue weighted by Crippen LogP contribution is -2.30. The number of carbonyl (C=O) groups excluding carboxylic acids is 1. The second-order valence-corrected chi connectivity index (χ2v) is 9.72. The number of hydrogen-bond acceptors (Lipinski definition) is 8. The smallest absolute Gasteiger partial charge is 0.416 e. The van der Waals surface area contributed by atoms with E-state index in [9.17, 15) is 23.1 Å². The summed E-state index contributed by atoms with van der Waals surface area (Å²) in [6.45, 7) is 2.00. The van der Waals surface area contributed by atoms with Gasteiger partial charge in [-0.3, -0.25) is 4.79 Å². The highest BCUT2D eigenvalue weighted by molar-refractivity contribution is 7.15. The molecule has 3 heterocycles. The number of aryl methyl sites for hydroxylation is 3. The number of thiazole rings is 1. The molecule has 1 aliphatic carbocycles. The van der Waals surface area contributed by atoms with Gasteiger partial charge in [0.25, 0.3) is 12.3 Å². The molecule has 37 heavy (non-hydrogen) atoms. The van der Waals surface area contributed by atoms with E-state index in [1.54, 1.807) is 18.2 Å². The van der Waals surface area contributed by atoms with Gasteiger partial charge in [0, 0.05) is 18.0 Å². The predicted octanol–water partition coefficient (Wildman–Crippen LogP) is 5.53. The van der Waals surface area contributed by atoms with Crippen LogP contribution in [0.4, 0.5) is 24.8 Å². The lowest BCUT2D eigenvalue weighted by atomic mass is 10.0. The Bertz CT molecular complexity index is 1470. The number of fused-ring (bicyclic) bond motifs is 1. The van der Waals surface area contributed by atoms with E-state index in [2.05, 4.69) is 20.3 Å². The summed E-state index contributed by atoms with van der Waals surface area (Å²) in [7, 11) is 0. The van der Waals surface area contributed by atoms with Crippen LogP contribution in [0.3, 0.4) is 0 Å². The van der Waals surface area contributed by atoms with E-state index in [0.717, 1.165) is 60.1 Å². The molecule has 3 aromatic heterocycles. The van der Waals surface area contributed by atoms with Gasteiger partial charge in [-0.1, -0.05) is 12.1 Å². The lowest BCUT2D eigenvalue weighted by Gasteiger charge is -2.24. The minimum Gasteiger partial charge on any atom is -0.424 e. The Labute approximate surface area is 214 Å². The van der Waals surface area contributed by atoms with Crippen molar-refractivity contribution in [3.8, 4) is 10.6 Å². The lowest BCUT2D eigenvalue weighted by molar-refractivity contribution is -0.182. The first-order valence-electron chi connectivity index (χ1n) is 11.4. The summed E-state index contributed by atoms with van der Waals surface area (Å²) in [6, 6.07) is 10.7. The Morgan fingerprint density at radius 3 is 2.62 bits per heavy atom. The molecule has 0 fully saturated rings. The maximum atomic E-state index is 13.1. The fraction of sp³-hybridized carbons (Fsp3) is 0.231. The van der Waals surface area contributed by atoms with Gasteiger partial charge in [0.1, 0.15) is 11.6 Å². The normalized spacial score (nSPS) is 14.6. The number of ether oxygens (including phenoxy) is 1. The number of hydrogen-bond donors (Lipinski definition) is 2. The monoisotopic (exact) mass is 526 g/mol. The molecule has 1 atom stereocenters. The molecule has 5 rings (SSSR count). The first kappa shape index (κ1) is 24.8. The van der Waals surface area contributed by atoms with Gasteiger partial charge in [-0.05, 0) is 73.2 Å². The SMILES string of the molecule is Cc1cc(Nc2cc(C(F)(F)F)ccn2)nc(-c2cnc(C(O)(OC=O)c3ccc4c(c3)CCC4)s2)c1. The van der Waals surface area contributed by atoms with E-state index in [4.69, 9.17) is 4.74 Å². The Kier molecular flexibility index (Phi) is 6.42. The molecule has 190 valence electrons. The third kappa shape index (κ3) is 5.05. The summed E-state index contributed by atoms with van der Waals surface area (Å²) in [5.41, 5.74) is 3.13. The molecule has 0 aliphatic heterocycles. The molecule has 11 heteroatoms. The van der Waals surface area contributed by atoms with Gasteiger partial charge >= 0.3 is 6.18 Å². The summed E-state index contributed by atoms with van der Waals surface area (Å²) in [5.74, 6) is -1.79. The molecule has 0 bridgehead atoms.